The third-order valence-electron chi connectivity index (χ3n) is 0.876. The van der Waals surface area contributed by atoms with E-state index in [-0.39, 0.29) is 22.0 Å². The third-order valence-corrected chi connectivity index (χ3v) is 140. The van der Waals surface area contributed by atoms with Gasteiger partial charge in [-0.3, -0.25) is 0 Å². The van der Waals surface area contributed by atoms with Crippen LogP contribution in [0.15, 0.2) is 0 Å². The summed E-state index contributed by atoms with van der Waals surface area (Å²) < 4.78 is 0. The molecule has 0 aliphatic rings. The van der Waals surface area contributed by atoms with Gasteiger partial charge in [-0.2, -0.15) is 0 Å². The Labute approximate surface area is 106 Å². The van der Waals surface area contributed by atoms with Gasteiger partial charge in [-0.05, 0) is 0 Å². The van der Waals surface area contributed by atoms with Crippen molar-refractivity contribution in [2.75, 3.05) is 0 Å². The molecule has 0 heterocycles. The molecule has 0 radical (unpaired) electrons. The van der Waals surface area contributed by atoms with Crippen molar-refractivity contribution in [1.29, 1.82) is 0 Å². The zero-order chi connectivity index (χ0) is 10.8. The molecular weight excluding hydrogens is 478 g/mol. The van der Waals surface area contributed by atoms with Gasteiger partial charge in [0.2, 0.25) is 0 Å². The molecule has 0 amide bonds. The van der Waals surface area contributed by atoms with Crippen molar-refractivity contribution in [2.24, 2.45) is 0 Å². The van der Waals surface area contributed by atoms with Crippen LogP contribution in [-0.2, 0) is 13.6 Å². The first-order chi connectivity index (χ1) is 5.77. The molecule has 0 aromatic carbocycles. The standard InChI is InChI=1S/4H4P3.Pd/c4*1-3-2;/h4*1-2H2;/q4*-1;+4. The molecule has 13 heavy (non-hydrogen) atoms. The van der Waals surface area contributed by atoms with Crippen molar-refractivity contribution in [3.63, 3.8) is 0 Å². The molecule has 86 valence electrons. The Balaban J connectivity index is 5.06. The van der Waals surface area contributed by atoms with Crippen molar-refractivity contribution in [3.8, 4) is 0 Å². The van der Waals surface area contributed by atoms with Crippen molar-refractivity contribution >= 4 is 93.4 Å². The SMILES string of the molecule is P[P](P)[Pd]([P](P)P)([P](P)P)[P](P)P. The van der Waals surface area contributed by atoms with E-state index in [0.717, 1.165) is 0 Å². The number of hydrogen-bond acceptors (Lipinski definition) is 0. The molecule has 0 aliphatic carbocycles. The first-order valence-corrected chi connectivity index (χ1v) is 28.6. The van der Waals surface area contributed by atoms with Crippen LogP contribution in [0.2, 0.25) is 0 Å². The summed E-state index contributed by atoms with van der Waals surface area (Å²) in [4.78, 5) is 0. The molecule has 0 nitrogen and oxygen atoms in total. The monoisotopic (exact) mass is 494 g/mol. The molecule has 0 aliphatic heterocycles. The first-order valence-electron chi connectivity index (χ1n) is 2.63. The topological polar surface area (TPSA) is 0 Å². The minimum absolute atomic E-state index is 0.0782. The summed E-state index contributed by atoms with van der Waals surface area (Å²) in [5.41, 5.74) is 0.313. The van der Waals surface area contributed by atoms with Crippen molar-refractivity contribution in [3.05, 3.63) is 0 Å². The second kappa shape index (κ2) is 8.89. The van der Waals surface area contributed by atoms with E-state index in [1.807, 2.05) is 0 Å². The fraction of sp³-hybridized carbons (Fsp3) is 0. The molecule has 0 bridgehead atoms. The fourth-order valence-electron chi connectivity index (χ4n) is 0.506. The predicted octanol–water partition coefficient (Wildman–Crippen LogP) is 6.05. The zero-order valence-electron chi connectivity index (χ0n) is 6.72. The van der Waals surface area contributed by atoms with E-state index in [0.29, 0.717) is 0 Å². The van der Waals surface area contributed by atoms with E-state index >= 15 is 0 Å². The number of hydrogen-bond donors (Lipinski definition) is 0. The van der Waals surface area contributed by atoms with Crippen molar-refractivity contribution in [2.45, 2.75) is 0 Å². The molecule has 0 fully saturated rings. The van der Waals surface area contributed by atoms with Gasteiger partial charge >= 0.3 is 107 Å². The second-order valence-electron chi connectivity index (χ2n) is 1.63. The predicted molar refractivity (Wildman–Crippen MR) is 105 cm³/mol. The Morgan fingerprint density at radius 1 is 0.462 bits per heavy atom. The average Bonchev–Trinajstić information content (AvgIpc) is 1.82. The summed E-state index contributed by atoms with van der Waals surface area (Å²) >= 11 is -1.27. The third kappa shape index (κ3) is 5.02. The molecule has 0 spiro atoms. The molecule has 13 heteroatoms. The molecule has 0 aromatic heterocycles. The van der Waals surface area contributed by atoms with Crippen molar-refractivity contribution in [1.82, 2.24) is 0 Å². The van der Waals surface area contributed by atoms with Crippen LogP contribution in [0, 0.1) is 0 Å². The molecule has 0 saturated heterocycles. The second-order valence-corrected chi connectivity index (χ2v) is 71.1. The van der Waals surface area contributed by atoms with Crippen LogP contribution in [0.4, 0.5) is 0 Å². The molecule has 0 N–H and O–H groups in total. The van der Waals surface area contributed by atoms with E-state index in [1.165, 1.54) is 0 Å². The Kier molecular flexibility index (Phi) is 12.9. The van der Waals surface area contributed by atoms with Crippen LogP contribution in [0.3, 0.4) is 0 Å². The maximum absolute atomic E-state index is 3.07. The van der Waals surface area contributed by atoms with Gasteiger partial charge in [0.1, 0.15) is 0 Å². The van der Waals surface area contributed by atoms with Gasteiger partial charge in [0.25, 0.3) is 0 Å². The van der Waals surface area contributed by atoms with E-state index in [9.17, 15) is 0 Å². The van der Waals surface area contributed by atoms with E-state index in [4.69, 9.17) is 0 Å². The van der Waals surface area contributed by atoms with Gasteiger partial charge < -0.3 is 0 Å². The zero-order valence-corrected chi connectivity index (χ0v) is 21.1. The van der Waals surface area contributed by atoms with E-state index in [2.05, 4.69) is 71.4 Å². The van der Waals surface area contributed by atoms with Gasteiger partial charge in [0, 0.05) is 0 Å². The van der Waals surface area contributed by atoms with Gasteiger partial charge in [-0.25, -0.2) is 0 Å². The van der Waals surface area contributed by atoms with Gasteiger partial charge in [-0.15, -0.1) is 0 Å². The first kappa shape index (κ1) is 18.8. The molecule has 0 saturated carbocycles. The summed E-state index contributed by atoms with van der Waals surface area (Å²) in [6, 6.07) is 0. The maximum atomic E-state index is 3.07. The van der Waals surface area contributed by atoms with Gasteiger partial charge in [-0.1, -0.05) is 0 Å². The van der Waals surface area contributed by atoms with Gasteiger partial charge in [0.05, 0.1) is 0 Å². The summed E-state index contributed by atoms with van der Waals surface area (Å²) in [7, 11) is 24.6. The number of rotatable bonds is 4. The molecule has 0 aromatic rings. The normalized spacial score (nSPS) is 15.1. The average molecular weight is 494 g/mol. The Hall–Kier alpha value is 5.82. The quantitative estimate of drug-likeness (QED) is 0.330. The fourth-order valence-corrected chi connectivity index (χ4v) is 242. The summed E-state index contributed by atoms with van der Waals surface area (Å²) in [5, 5.41) is 0. The molecular formula is H16P12Pd. The van der Waals surface area contributed by atoms with Crippen LogP contribution in [0.25, 0.3) is 0 Å². The Morgan fingerprint density at radius 3 is 0.615 bits per heavy atom. The van der Waals surface area contributed by atoms with E-state index < -0.39 is 13.6 Å². The van der Waals surface area contributed by atoms with Crippen LogP contribution in [0.1, 0.15) is 0 Å². The van der Waals surface area contributed by atoms with Crippen LogP contribution >= 0.6 is 93.4 Å². The van der Waals surface area contributed by atoms with E-state index in [1.54, 1.807) is 0 Å². The molecule has 0 rings (SSSR count). The van der Waals surface area contributed by atoms with Gasteiger partial charge in [0.15, 0.2) is 0 Å². The Bertz CT molecular complexity index is 108. The molecule has 8 unspecified atom stereocenters. The molecule has 8 atom stereocenters. The summed E-state index contributed by atoms with van der Waals surface area (Å²) in [6.07, 6.45) is 0. The van der Waals surface area contributed by atoms with Crippen LogP contribution in [-0.4, -0.2) is 0 Å². The summed E-state index contributed by atoms with van der Waals surface area (Å²) in [6.45, 7) is 0. The van der Waals surface area contributed by atoms with Crippen LogP contribution < -0.4 is 0 Å². The van der Waals surface area contributed by atoms with Crippen LogP contribution in [0.5, 0.6) is 0 Å². The Morgan fingerprint density at radius 2 is 0.615 bits per heavy atom. The minimum atomic E-state index is -1.27. The summed E-state index contributed by atoms with van der Waals surface area (Å²) in [5.74, 6) is 0. The van der Waals surface area contributed by atoms with Crippen molar-refractivity contribution < 1.29 is 13.6 Å².